The molecule has 0 aliphatic carbocycles. The van der Waals surface area contributed by atoms with Crippen LogP contribution in [0.3, 0.4) is 0 Å². The molecule has 0 amide bonds. The molecule has 0 aromatic heterocycles. The van der Waals surface area contributed by atoms with Crippen molar-refractivity contribution in [3.8, 4) is 17.2 Å². The van der Waals surface area contributed by atoms with Gasteiger partial charge >= 0.3 is 5.97 Å². The Hall–Kier alpha value is -3.02. The molecule has 0 N–H and O–H groups in total. The number of carbonyl (C=O) groups excluding carboxylic acids is 2. The summed E-state index contributed by atoms with van der Waals surface area (Å²) in [4.78, 5) is 25.0. The zero-order valence-electron chi connectivity index (χ0n) is 16.5. The number of carbonyl (C=O) groups is 2. The van der Waals surface area contributed by atoms with Gasteiger partial charge in [-0.25, -0.2) is 4.79 Å². The Kier molecular flexibility index (Phi) is 6.45. The number of aryl methyl sites for hydroxylation is 3. The van der Waals surface area contributed by atoms with Gasteiger partial charge in [0.15, 0.2) is 18.1 Å². The number of hydrogen-bond donors (Lipinski definition) is 0. The minimum atomic E-state index is -0.678. The first-order valence-corrected chi connectivity index (χ1v) is 8.40. The second-order valence-electron chi connectivity index (χ2n) is 6.16. The summed E-state index contributed by atoms with van der Waals surface area (Å²) in [7, 11) is 4.38. The van der Waals surface area contributed by atoms with Crippen molar-refractivity contribution in [1.29, 1.82) is 0 Å². The molecular formula is C21H24O6. The van der Waals surface area contributed by atoms with Crippen LogP contribution in [0.15, 0.2) is 24.3 Å². The maximum absolute atomic E-state index is 12.5. The van der Waals surface area contributed by atoms with Crippen molar-refractivity contribution in [3.05, 3.63) is 52.1 Å². The van der Waals surface area contributed by atoms with Gasteiger partial charge in [-0.05, 0) is 43.5 Å². The predicted octanol–water partition coefficient (Wildman–Crippen LogP) is 3.68. The molecule has 0 saturated heterocycles. The number of hydrogen-bond acceptors (Lipinski definition) is 6. The van der Waals surface area contributed by atoms with E-state index in [1.165, 1.54) is 33.5 Å². The van der Waals surface area contributed by atoms with E-state index in [2.05, 4.69) is 0 Å². The van der Waals surface area contributed by atoms with Gasteiger partial charge in [-0.1, -0.05) is 6.07 Å². The van der Waals surface area contributed by atoms with Crippen molar-refractivity contribution in [3.63, 3.8) is 0 Å². The van der Waals surface area contributed by atoms with E-state index in [9.17, 15) is 9.59 Å². The first kappa shape index (κ1) is 20.3. The number of Topliss-reactive ketones (excluding diaryl/α,β-unsaturated/α-hetero) is 1. The first-order chi connectivity index (χ1) is 12.8. The third-order valence-electron chi connectivity index (χ3n) is 4.40. The van der Waals surface area contributed by atoms with Crippen molar-refractivity contribution in [1.82, 2.24) is 0 Å². The lowest BCUT2D eigenvalue weighted by Gasteiger charge is -2.14. The molecule has 6 nitrogen and oxygen atoms in total. The molecule has 0 radical (unpaired) electrons. The molecule has 27 heavy (non-hydrogen) atoms. The van der Waals surface area contributed by atoms with Crippen LogP contribution in [-0.2, 0) is 4.74 Å². The molecule has 0 heterocycles. The van der Waals surface area contributed by atoms with E-state index in [1.807, 2.05) is 32.9 Å². The maximum Gasteiger partial charge on any atom is 0.342 e. The lowest BCUT2D eigenvalue weighted by atomic mass is 9.98. The predicted molar refractivity (Wildman–Crippen MR) is 101 cm³/mol. The SMILES string of the molecule is COc1cc(OC)c(C(=O)OCC(=O)c2cc(C)c(C)cc2C)cc1OC. The van der Waals surface area contributed by atoms with E-state index >= 15 is 0 Å². The van der Waals surface area contributed by atoms with Gasteiger partial charge in [0.1, 0.15) is 11.3 Å². The highest BCUT2D eigenvalue weighted by molar-refractivity contribution is 6.01. The van der Waals surface area contributed by atoms with Gasteiger partial charge in [-0.15, -0.1) is 0 Å². The van der Waals surface area contributed by atoms with Gasteiger partial charge in [0.2, 0.25) is 5.78 Å². The number of esters is 1. The quantitative estimate of drug-likeness (QED) is 0.545. The standard InChI is InChI=1S/C21H24O6/c1-12-7-14(3)15(8-13(12)2)17(22)11-27-21(23)16-9-19(25-5)20(26-6)10-18(16)24-4/h7-10H,11H2,1-6H3. The van der Waals surface area contributed by atoms with E-state index in [0.717, 1.165) is 16.7 Å². The second kappa shape index (κ2) is 8.58. The lowest BCUT2D eigenvalue weighted by Crippen LogP contribution is -2.16. The highest BCUT2D eigenvalue weighted by Gasteiger charge is 2.20. The Balaban J connectivity index is 2.20. The third-order valence-corrected chi connectivity index (χ3v) is 4.40. The van der Waals surface area contributed by atoms with Crippen LogP contribution in [0.2, 0.25) is 0 Å². The molecule has 0 atom stereocenters. The van der Waals surface area contributed by atoms with Crippen LogP contribution in [-0.4, -0.2) is 39.7 Å². The number of methoxy groups -OCH3 is 3. The van der Waals surface area contributed by atoms with Crippen molar-refractivity contribution in [2.45, 2.75) is 20.8 Å². The fourth-order valence-electron chi connectivity index (χ4n) is 2.74. The molecule has 2 aromatic carbocycles. The fourth-order valence-corrected chi connectivity index (χ4v) is 2.74. The molecule has 6 heteroatoms. The van der Waals surface area contributed by atoms with E-state index < -0.39 is 5.97 Å². The van der Waals surface area contributed by atoms with Crippen LogP contribution in [0.25, 0.3) is 0 Å². The van der Waals surface area contributed by atoms with E-state index in [1.54, 1.807) is 0 Å². The van der Waals surface area contributed by atoms with Crippen molar-refractivity contribution >= 4 is 11.8 Å². The molecule has 144 valence electrons. The van der Waals surface area contributed by atoms with Crippen LogP contribution in [0.5, 0.6) is 17.2 Å². The largest absolute Gasteiger partial charge is 0.496 e. The number of rotatable bonds is 7. The van der Waals surface area contributed by atoms with E-state index in [-0.39, 0.29) is 23.7 Å². The molecule has 0 saturated carbocycles. The van der Waals surface area contributed by atoms with Gasteiger partial charge in [-0.2, -0.15) is 0 Å². The minimum absolute atomic E-state index is 0.153. The Labute approximate surface area is 159 Å². The maximum atomic E-state index is 12.5. The molecule has 0 aliphatic rings. The van der Waals surface area contributed by atoms with E-state index in [4.69, 9.17) is 18.9 Å². The molecule has 0 unspecified atom stereocenters. The van der Waals surface area contributed by atoms with Gasteiger partial charge in [-0.3, -0.25) is 4.79 Å². The average Bonchev–Trinajstić information content (AvgIpc) is 2.67. The van der Waals surface area contributed by atoms with Gasteiger partial charge in [0, 0.05) is 17.7 Å². The molecule has 2 rings (SSSR count). The summed E-state index contributed by atoms with van der Waals surface area (Å²) in [5.74, 6) is 0.118. The summed E-state index contributed by atoms with van der Waals surface area (Å²) in [6.07, 6.45) is 0. The highest BCUT2D eigenvalue weighted by Crippen LogP contribution is 2.35. The van der Waals surface area contributed by atoms with Crippen LogP contribution < -0.4 is 14.2 Å². The summed E-state index contributed by atoms with van der Waals surface area (Å²) in [5.41, 5.74) is 3.67. The van der Waals surface area contributed by atoms with Gasteiger partial charge in [0.25, 0.3) is 0 Å². The van der Waals surface area contributed by atoms with Crippen LogP contribution in [0.1, 0.15) is 37.4 Å². The summed E-state index contributed by atoms with van der Waals surface area (Å²) in [5, 5.41) is 0. The second-order valence-corrected chi connectivity index (χ2v) is 6.16. The Morgan fingerprint density at radius 3 is 1.85 bits per heavy atom. The minimum Gasteiger partial charge on any atom is -0.496 e. The molecule has 0 spiro atoms. The zero-order chi connectivity index (χ0) is 20.1. The molecule has 0 bridgehead atoms. The Morgan fingerprint density at radius 1 is 0.704 bits per heavy atom. The topological polar surface area (TPSA) is 71.1 Å². The molecule has 0 fully saturated rings. The van der Waals surface area contributed by atoms with Gasteiger partial charge < -0.3 is 18.9 Å². The molecule has 0 aliphatic heterocycles. The van der Waals surface area contributed by atoms with Crippen LogP contribution in [0, 0.1) is 20.8 Å². The first-order valence-electron chi connectivity index (χ1n) is 8.40. The monoisotopic (exact) mass is 372 g/mol. The zero-order valence-corrected chi connectivity index (χ0v) is 16.5. The fraction of sp³-hybridized carbons (Fsp3) is 0.333. The third kappa shape index (κ3) is 4.39. The average molecular weight is 372 g/mol. The summed E-state index contributed by atoms with van der Waals surface area (Å²) >= 11 is 0. The Bertz CT molecular complexity index is 869. The molecular weight excluding hydrogens is 348 g/mol. The van der Waals surface area contributed by atoms with Crippen molar-refractivity contribution in [2.24, 2.45) is 0 Å². The number of ketones is 1. The van der Waals surface area contributed by atoms with Gasteiger partial charge in [0.05, 0.1) is 21.3 Å². The summed E-state index contributed by atoms with van der Waals surface area (Å²) in [6.45, 7) is 5.42. The molecule has 2 aromatic rings. The van der Waals surface area contributed by atoms with Crippen LogP contribution in [0.4, 0.5) is 0 Å². The van der Waals surface area contributed by atoms with Crippen molar-refractivity contribution < 1.29 is 28.5 Å². The highest BCUT2D eigenvalue weighted by atomic mass is 16.5. The normalized spacial score (nSPS) is 10.3. The summed E-state index contributed by atoms with van der Waals surface area (Å²) in [6, 6.07) is 6.76. The number of ether oxygens (including phenoxy) is 4. The lowest BCUT2D eigenvalue weighted by molar-refractivity contribution is 0.0471. The van der Waals surface area contributed by atoms with Crippen LogP contribution >= 0.6 is 0 Å². The number of benzene rings is 2. The summed E-state index contributed by atoms with van der Waals surface area (Å²) < 4.78 is 20.8. The van der Waals surface area contributed by atoms with E-state index in [0.29, 0.717) is 17.1 Å². The Morgan fingerprint density at radius 2 is 1.26 bits per heavy atom. The van der Waals surface area contributed by atoms with Crippen molar-refractivity contribution in [2.75, 3.05) is 27.9 Å². The smallest absolute Gasteiger partial charge is 0.342 e.